The summed E-state index contributed by atoms with van der Waals surface area (Å²) in [5, 5.41) is 1.42. The highest BCUT2D eigenvalue weighted by Crippen LogP contribution is 2.35. The van der Waals surface area contributed by atoms with Gasteiger partial charge in [0.15, 0.2) is 5.75 Å². The van der Waals surface area contributed by atoms with Crippen LogP contribution in [-0.4, -0.2) is 12.1 Å². The lowest BCUT2D eigenvalue weighted by molar-refractivity contribution is 0.419. The molecule has 0 saturated carbocycles. The highest BCUT2D eigenvalue weighted by molar-refractivity contribution is 6.33. The Balaban J connectivity index is 2.65. The van der Waals surface area contributed by atoms with Gasteiger partial charge in [0.05, 0.1) is 17.5 Å². The smallest absolute Gasteiger partial charge is 0.209 e. The van der Waals surface area contributed by atoms with Gasteiger partial charge in [-0.25, -0.2) is 0 Å². The van der Waals surface area contributed by atoms with Gasteiger partial charge in [0.25, 0.3) is 0 Å². The fraction of sp³-hybridized carbons (Fsp3) is 0.154. The van der Waals surface area contributed by atoms with Crippen molar-refractivity contribution in [3.63, 3.8) is 0 Å². The molecule has 2 aromatic heterocycles. The maximum atomic E-state index is 12.5. The van der Waals surface area contributed by atoms with Gasteiger partial charge in [0.2, 0.25) is 11.1 Å². The van der Waals surface area contributed by atoms with Crippen molar-refractivity contribution in [1.29, 1.82) is 0 Å². The first-order valence-electron chi connectivity index (χ1n) is 5.51. The highest BCUT2D eigenvalue weighted by Gasteiger charge is 2.18. The van der Waals surface area contributed by atoms with Crippen LogP contribution in [-0.2, 0) is 0 Å². The Bertz CT molecular complexity index is 864. The van der Waals surface area contributed by atoms with Crippen LogP contribution in [0.1, 0.15) is 5.56 Å². The van der Waals surface area contributed by atoms with Crippen molar-refractivity contribution in [2.45, 2.75) is 6.92 Å². The zero-order chi connectivity index (χ0) is 13.7. The number of ether oxygens (including phenoxy) is 1. The highest BCUT2D eigenvalue weighted by atomic mass is 35.5. The molecule has 3 aromatic rings. The minimum absolute atomic E-state index is 0.221. The van der Waals surface area contributed by atoms with E-state index in [9.17, 15) is 4.79 Å². The van der Waals surface area contributed by atoms with Crippen LogP contribution < -0.4 is 10.2 Å². The van der Waals surface area contributed by atoms with E-state index in [4.69, 9.17) is 32.4 Å². The summed E-state index contributed by atoms with van der Waals surface area (Å²) in [6.45, 7) is 1.81. The second kappa shape index (κ2) is 4.18. The van der Waals surface area contributed by atoms with Crippen molar-refractivity contribution in [3.05, 3.63) is 38.1 Å². The maximum Gasteiger partial charge on any atom is 0.209 e. The van der Waals surface area contributed by atoms with Crippen molar-refractivity contribution >= 4 is 45.3 Å². The fourth-order valence-corrected chi connectivity index (χ4v) is 2.70. The lowest BCUT2D eigenvalue weighted by atomic mass is 10.1. The lowest BCUT2D eigenvalue weighted by Gasteiger charge is -2.08. The molecule has 0 spiro atoms. The molecule has 0 amide bonds. The molecule has 0 atom stereocenters. The van der Waals surface area contributed by atoms with E-state index in [1.807, 2.05) is 6.92 Å². The quantitative estimate of drug-likeness (QED) is 0.741. The van der Waals surface area contributed by atoms with Gasteiger partial charge in [-0.2, -0.15) is 0 Å². The Hall–Kier alpha value is -1.65. The number of H-pyrrole nitrogens is 1. The number of aryl methyl sites for hydroxylation is 1. The van der Waals surface area contributed by atoms with Crippen LogP contribution in [0.2, 0.25) is 10.2 Å². The molecule has 19 heavy (non-hydrogen) atoms. The number of hydrogen-bond acceptors (Lipinski definition) is 3. The first-order chi connectivity index (χ1) is 9.02. The zero-order valence-electron chi connectivity index (χ0n) is 10.1. The van der Waals surface area contributed by atoms with Crippen molar-refractivity contribution < 1.29 is 9.15 Å². The van der Waals surface area contributed by atoms with Crippen LogP contribution >= 0.6 is 23.2 Å². The van der Waals surface area contributed by atoms with Gasteiger partial charge in [-0.1, -0.05) is 23.2 Å². The number of rotatable bonds is 1. The largest absolute Gasteiger partial charge is 0.494 e. The summed E-state index contributed by atoms with van der Waals surface area (Å²) in [5.74, 6) is 0.315. The predicted octanol–water partition coefficient (Wildman–Crippen LogP) is 3.90. The monoisotopic (exact) mass is 297 g/mol. The van der Waals surface area contributed by atoms with Crippen molar-refractivity contribution in [3.8, 4) is 5.75 Å². The van der Waals surface area contributed by atoms with Crippen LogP contribution in [0.25, 0.3) is 22.1 Å². The van der Waals surface area contributed by atoms with Crippen LogP contribution in [0, 0.1) is 6.92 Å². The molecule has 0 fully saturated rings. The topological polar surface area (TPSA) is 55.2 Å². The summed E-state index contributed by atoms with van der Waals surface area (Å²) in [5.41, 5.74) is 1.32. The Labute approximate surface area is 117 Å². The average Bonchev–Trinajstić information content (AvgIpc) is 2.72. The molecule has 1 N–H and O–H groups in total. The van der Waals surface area contributed by atoms with Gasteiger partial charge in [-0.15, -0.1) is 0 Å². The molecule has 1 aromatic carbocycles. The zero-order valence-corrected chi connectivity index (χ0v) is 11.6. The molecule has 0 unspecified atom stereocenters. The van der Waals surface area contributed by atoms with E-state index in [2.05, 4.69) is 4.98 Å². The minimum atomic E-state index is -0.221. The average molecular weight is 298 g/mol. The first kappa shape index (κ1) is 12.4. The molecule has 0 aliphatic rings. The SMILES string of the molecule is COc1c(Cl)cc(C)c2oc3[nH]c(Cl)cc3c(=O)c12. The third-order valence-electron chi connectivity index (χ3n) is 3.00. The summed E-state index contributed by atoms with van der Waals surface area (Å²) in [6, 6.07) is 3.22. The van der Waals surface area contributed by atoms with Crippen LogP contribution in [0.15, 0.2) is 21.3 Å². The molecule has 3 rings (SSSR count). The number of nitrogens with one attached hydrogen (secondary N) is 1. The van der Waals surface area contributed by atoms with Crippen LogP contribution in [0.5, 0.6) is 5.75 Å². The third kappa shape index (κ3) is 1.71. The molecule has 4 nitrogen and oxygen atoms in total. The van der Waals surface area contributed by atoms with Gasteiger partial charge in [0, 0.05) is 0 Å². The molecule has 6 heteroatoms. The predicted molar refractivity (Wildman–Crippen MR) is 75.6 cm³/mol. The normalized spacial score (nSPS) is 11.4. The molecule has 0 radical (unpaired) electrons. The van der Waals surface area contributed by atoms with E-state index >= 15 is 0 Å². The summed E-state index contributed by atoms with van der Waals surface area (Å²) in [4.78, 5) is 15.3. The molecule has 0 saturated heterocycles. The number of fused-ring (bicyclic) bond motifs is 2. The molecular formula is C13H9Cl2NO3. The Kier molecular flexibility index (Phi) is 2.73. The Morgan fingerprint density at radius 2 is 2.05 bits per heavy atom. The van der Waals surface area contributed by atoms with Gasteiger partial charge in [0.1, 0.15) is 16.1 Å². The molecule has 0 bridgehead atoms. The van der Waals surface area contributed by atoms with Crippen LogP contribution in [0.3, 0.4) is 0 Å². The molecule has 0 aliphatic carbocycles. The van der Waals surface area contributed by atoms with E-state index < -0.39 is 0 Å². The Morgan fingerprint density at radius 3 is 2.74 bits per heavy atom. The molecule has 2 heterocycles. The second-order valence-corrected chi connectivity index (χ2v) is 5.02. The van der Waals surface area contributed by atoms with Crippen molar-refractivity contribution in [1.82, 2.24) is 4.98 Å². The van der Waals surface area contributed by atoms with Gasteiger partial charge < -0.3 is 14.1 Å². The second-order valence-electron chi connectivity index (χ2n) is 4.20. The number of halogens is 2. The summed E-state index contributed by atoms with van der Waals surface area (Å²) >= 11 is 12.0. The van der Waals surface area contributed by atoms with E-state index in [0.717, 1.165) is 5.56 Å². The summed E-state index contributed by atoms with van der Waals surface area (Å²) in [7, 11) is 1.46. The maximum absolute atomic E-state index is 12.5. The number of methoxy groups -OCH3 is 1. The minimum Gasteiger partial charge on any atom is -0.494 e. The molecule has 0 aliphatic heterocycles. The first-order valence-corrected chi connectivity index (χ1v) is 6.26. The fourth-order valence-electron chi connectivity index (χ4n) is 2.17. The number of aromatic nitrogens is 1. The van der Waals surface area contributed by atoms with Crippen molar-refractivity contribution in [2.75, 3.05) is 7.11 Å². The number of benzene rings is 1. The van der Waals surface area contributed by atoms with E-state index in [0.29, 0.717) is 38.0 Å². The summed E-state index contributed by atoms with van der Waals surface area (Å²) < 4.78 is 10.9. The van der Waals surface area contributed by atoms with Gasteiger partial charge in [-0.3, -0.25) is 4.79 Å². The molecular weight excluding hydrogens is 289 g/mol. The van der Waals surface area contributed by atoms with Gasteiger partial charge >= 0.3 is 0 Å². The molecule has 98 valence electrons. The number of hydrogen-bond donors (Lipinski definition) is 1. The van der Waals surface area contributed by atoms with Crippen molar-refractivity contribution in [2.24, 2.45) is 0 Å². The van der Waals surface area contributed by atoms with E-state index in [1.165, 1.54) is 13.2 Å². The van der Waals surface area contributed by atoms with Crippen LogP contribution in [0.4, 0.5) is 0 Å². The van der Waals surface area contributed by atoms with E-state index in [1.54, 1.807) is 6.07 Å². The Morgan fingerprint density at radius 1 is 1.32 bits per heavy atom. The number of aromatic amines is 1. The lowest BCUT2D eigenvalue weighted by Crippen LogP contribution is -2.04. The summed E-state index contributed by atoms with van der Waals surface area (Å²) in [6.07, 6.45) is 0. The van der Waals surface area contributed by atoms with Gasteiger partial charge in [-0.05, 0) is 24.6 Å². The third-order valence-corrected chi connectivity index (χ3v) is 3.49. The van der Waals surface area contributed by atoms with E-state index in [-0.39, 0.29) is 5.43 Å². The standard InChI is InChI=1S/C13H9Cl2NO3/c1-5-3-7(14)12(18-2)9-10(17)6-4-8(15)16-13(6)19-11(5)9/h3-4,16H,1-2H3.